The van der Waals surface area contributed by atoms with E-state index in [0.29, 0.717) is 22.0 Å². The van der Waals surface area contributed by atoms with E-state index in [0.717, 1.165) is 0 Å². The SMILES string of the molecule is CN(C)c1c(C(N)=O)nnn1Cc1cc(Cl)c(C(=O)c2ccc(Cl)cc2)c(Cl)c1. The molecule has 1 amide bonds. The molecule has 0 bridgehead atoms. The third-order valence-electron chi connectivity index (χ3n) is 4.13. The first-order chi connectivity index (χ1) is 13.7. The number of anilines is 1. The molecule has 0 unspecified atom stereocenters. The maximum absolute atomic E-state index is 12.8. The highest BCUT2D eigenvalue weighted by Crippen LogP contribution is 2.30. The zero-order valence-electron chi connectivity index (χ0n) is 15.5. The largest absolute Gasteiger partial charge is 0.364 e. The van der Waals surface area contributed by atoms with E-state index in [9.17, 15) is 9.59 Å². The molecule has 0 aliphatic rings. The number of carbonyl (C=O) groups excluding carboxylic acids is 2. The minimum Gasteiger partial charge on any atom is -0.364 e. The van der Waals surface area contributed by atoms with Crippen molar-refractivity contribution in [3.8, 4) is 0 Å². The van der Waals surface area contributed by atoms with Crippen LogP contribution in [-0.2, 0) is 6.54 Å². The molecule has 2 aromatic carbocycles. The minimum absolute atomic E-state index is 0.0572. The van der Waals surface area contributed by atoms with E-state index in [1.165, 1.54) is 4.68 Å². The van der Waals surface area contributed by atoms with Crippen molar-refractivity contribution in [2.75, 3.05) is 19.0 Å². The van der Waals surface area contributed by atoms with Gasteiger partial charge in [0.15, 0.2) is 17.3 Å². The van der Waals surface area contributed by atoms with E-state index in [1.807, 2.05) is 0 Å². The first-order valence-corrected chi connectivity index (χ1v) is 9.51. The van der Waals surface area contributed by atoms with Crippen molar-refractivity contribution in [1.29, 1.82) is 0 Å². The fourth-order valence-corrected chi connectivity index (χ4v) is 3.70. The van der Waals surface area contributed by atoms with Crippen molar-refractivity contribution in [3.63, 3.8) is 0 Å². The second-order valence-corrected chi connectivity index (χ2v) is 7.70. The highest BCUT2D eigenvalue weighted by atomic mass is 35.5. The molecule has 0 aliphatic carbocycles. The number of ketones is 1. The second kappa shape index (κ2) is 8.41. The van der Waals surface area contributed by atoms with Gasteiger partial charge in [0.05, 0.1) is 22.2 Å². The lowest BCUT2D eigenvalue weighted by Gasteiger charge is -2.15. The van der Waals surface area contributed by atoms with E-state index in [4.69, 9.17) is 40.5 Å². The van der Waals surface area contributed by atoms with Crippen LogP contribution >= 0.6 is 34.8 Å². The number of primary amides is 1. The third-order valence-corrected chi connectivity index (χ3v) is 4.98. The Morgan fingerprint density at radius 1 is 1.07 bits per heavy atom. The van der Waals surface area contributed by atoms with Crippen molar-refractivity contribution < 1.29 is 9.59 Å². The second-order valence-electron chi connectivity index (χ2n) is 6.45. The number of rotatable bonds is 6. The molecule has 0 spiro atoms. The molecule has 10 heteroatoms. The Morgan fingerprint density at radius 3 is 2.17 bits per heavy atom. The molecule has 0 saturated heterocycles. The number of hydrogen-bond donors (Lipinski definition) is 1. The van der Waals surface area contributed by atoms with E-state index < -0.39 is 5.91 Å². The fourth-order valence-electron chi connectivity index (χ4n) is 2.87. The fraction of sp³-hybridized carbons (Fsp3) is 0.158. The monoisotopic (exact) mass is 451 g/mol. The normalized spacial score (nSPS) is 10.8. The molecular weight excluding hydrogens is 437 g/mol. The Kier molecular flexibility index (Phi) is 6.12. The Morgan fingerprint density at radius 2 is 1.66 bits per heavy atom. The molecule has 3 aromatic rings. The van der Waals surface area contributed by atoms with Gasteiger partial charge in [0.25, 0.3) is 5.91 Å². The molecule has 0 saturated carbocycles. The van der Waals surface area contributed by atoms with E-state index in [2.05, 4.69) is 10.3 Å². The molecule has 1 aromatic heterocycles. The lowest BCUT2D eigenvalue weighted by molar-refractivity contribution is 0.0994. The van der Waals surface area contributed by atoms with Crippen LogP contribution in [0.2, 0.25) is 15.1 Å². The van der Waals surface area contributed by atoms with Crippen LogP contribution in [0.25, 0.3) is 0 Å². The predicted octanol–water partition coefficient (Wildman–Crippen LogP) is 3.68. The average Bonchev–Trinajstić information content (AvgIpc) is 3.05. The van der Waals surface area contributed by atoms with Crippen LogP contribution in [0.4, 0.5) is 5.82 Å². The lowest BCUT2D eigenvalue weighted by atomic mass is 10.0. The van der Waals surface area contributed by atoms with Gasteiger partial charge in [-0.05, 0) is 42.0 Å². The number of nitrogens with two attached hydrogens (primary N) is 1. The first kappa shape index (κ1) is 21.1. The average molecular weight is 453 g/mol. The van der Waals surface area contributed by atoms with Crippen molar-refractivity contribution >= 4 is 52.3 Å². The number of aromatic nitrogens is 3. The van der Waals surface area contributed by atoms with Crippen LogP contribution in [-0.4, -0.2) is 40.8 Å². The first-order valence-electron chi connectivity index (χ1n) is 8.37. The van der Waals surface area contributed by atoms with Gasteiger partial charge in [-0.2, -0.15) is 0 Å². The summed E-state index contributed by atoms with van der Waals surface area (Å²) in [4.78, 5) is 26.0. The van der Waals surface area contributed by atoms with E-state index in [-0.39, 0.29) is 33.6 Å². The molecule has 2 N–H and O–H groups in total. The Hall–Kier alpha value is -2.61. The van der Waals surface area contributed by atoms with Gasteiger partial charge < -0.3 is 10.6 Å². The summed E-state index contributed by atoms with van der Waals surface area (Å²) < 4.78 is 1.50. The van der Waals surface area contributed by atoms with E-state index >= 15 is 0 Å². The zero-order valence-corrected chi connectivity index (χ0v) is 17.8. The maximum Gasteiger partial charge on any atom is 0.273 e. The van der Waals surface area contributed by atoms with Gasteiger partial charge in [0, 0.05) is 24.7 Å². The number of hydrogen-bond acceptors (Lipinski definition) is 5. The molecule has 29 heavy (non-hydrogen) atoms. The summed E-state index contributed by atoms with van der Waals surface area (Å²) >= 11 is 18.6. The van der Waals surface area contributed by atoms with Gasteiger partial charge in [0.1, 0.15) is 0 Å². The third kappa shape index (κ3) is 4.37. The number of halogens is 3. The minimum atomic E-state index is -0.681. The summed E-state index contributed by atoms with van der Waals surface area (Å²) in [5.74, 6) is -0.542. The van der Waals surface area contributed by atoms with Gasteiger partial charge in [-0.3, -0.25) is 9.59 Å². The highest BCUT2D eigenvalue weighted by Gasteiger charge is 2.21. The Balaban J connectivity index is 1.95. The van der Waals surface area contributed by atoms with Crippen LogP contribution < -0.4 is 10.6 Å². The topological polar surface area (TPSA) is 94.1 Å². The summed E-state index contributed by atoms with van der Waals surface area (Å²) in [6.45, 7) is 0.225. The molecule has 0 atom stereocenters. The van der Waals surface area contributed by atoms with Gasteiger partial charge in [-0.1, -0.05) is 40.0 Å². The Labute approximate surface area is 181 Å². The summed E-state index contributed by atoms with van der Waals surface area (Å²) in [5, 5.41) is 8.75. The maximum atomic E-state index is 12.8. The molecule has 3 rings (SSSR count). The molecule has 0 fully saturated rings. The predicted molar refractivity (Wildman–Crippen MR) is 113 cm³/mol. The van der Waals surface area contributed by atoms with Crippen molar-refractivity contribution in [1.82, 2.24) is 15.0 Å². The van der Waals surface area contributed by atoms with Crippen molar-refractivity contribution in [3.05, 3.63) is 73.9 Å². The summed E-state index contributed by atoms with van der Waals surface area (Å²) in [6.07, 6.45) is 0. The molecule has 1 heterocycles. The molecule has 150 valence electrons. The van der Waals surface area contributed by atoms with Crippen LogP contribution in [0.1, 0.15) is 32.0 Å². The van der Waals surface area contributed by atoms with Crippen LogP contribution in [0, 0.1) is 0 Å². The van der Waals surface area contributed by atoms with Crippen molar-refractivity contribution in [2.45, 2.75) is 6.54 Å². The summed E-state index contributed by atoms with van der Waals surface area (Å²) in [5.41, 5.74) is 6.71. The summed E-state index contributed by atoms with van der Waals surface area (Å²) in [7, 11) is 3.49. The smallest absolute Gasteiger partial charge is 0.273 e. The molecule has 0 radical (unpaired) electrons. The van der Waals surface area contributed by atoms with Gasteiger partial charge in [-0.15, -0.1) is 5.10 Å². The van der Waals surface area contributed by atoms with E-state index in [1.54, 1.807) is 55.4 Å². The van der Waals surface area contributed by atoms with Crippen molar-refractivity contribution in [2.24, 2.45) is 5.73 Å². The number of carbonyl (C=O) groups is 2. The molecule has 7 nitrogen and oxygen atoms in total. The number of amides is 1. The van der Waals surface area contributed by atoms with Crippen LogP contribution in [0.15, 0.2) is 36.4 Å². The number of benzene rings is 2. The van der Waals surface area contributed by atoms with Gasteiger partial charge in [0.2, 0.25) is 0 Å². The van der Waals surface area contributed by atoms with Crippen LogP contribution in [0.3, 0.4) is 0 Å². The number of nitrogens with zero attached hydrogens (tertiary/aromatic N) is 4. The quantitative estimate of drug-likeness (QED) is 0.576. The van der Waals surface area contributed by atoms with Gasteiger partial charge >= 0.3 is 0 Å². The molecular formula is C19H16Cl3N5O2. The lowest BCUT2D eigenvalue weighted by Crippen LogP contribution is -2.21. The van der Waals surface area contributed by atoms with Crippen LogP contribution in [0.5, 0.6) is 0 Å². The highest BCUT2D eigenvalue weighted by molar-refractivity contribution is 6.41. The standard InChI is InChI=1S/C19H16Cl3N5O2/c1-26(2)19-16(18(23)29)24-25-27(19)9-10-7-13(21)15(14(22)8-10)17(28)11-3-5-12(20)6-4-11/h3-8H,9H2,1-2H3,(H2,23,29). The summed E-state index contributed by atoms with van der Waals surface area (Å²) in [6, 6.07) is 9.71. The molecule has 0 aliphatic heterocycles. The Bertz CT molecular complexity index is 1070. The van der Waals surface area contributed by atoms with Gasteiger partial charge in [-0.25, -0.2) is 4.68 Å². The zero-order chi connectivity index (χ0) is 21.3.